The maximum absolute atomic E-state index is 12.6. The van der Waals surface area contributed by atoms with Crippen molar-refractivity contribution in [2.75, 3.05) is 5.32 Å². The average molecular weight is 346 g/mol. The first-order chi connectivity index (χ1) is 12.5. The second-order valence-electron chi connectivity index (χ2n) is 6.30. The molecule has 0 spiro atoms. The summed E-state index contributed by atoms with van der Waals surface area (Å²) >= 11 is 0. The van der Waals surface area contributed by atoms with Crippen LogP contribution in [0.5, 0.6) is 5.75 Å². The van der Waals surface area contributed by atoms with Crippen LogP contribution in [-0.2, 0) is 6.61 Å². The zero-order chi connectivity index (χ0) is 18.5. The zero-order valence-electron chi connectivity index (χ0n) is 15.2. The monoisotopic (exact) mass is 346 g/mol. The van der Waals surface area contributed by atoms with Crippen LogP contribution in [0.15, 0.2) is 60.7 Å². The predicted octanol–water partition coefficient (Wildman–Crippen LogP) is 4.84. The van der Waals surface area contributed by atoms with Gasteiger partial charge in [-0.15, -0.1) is 0 Å². The van der Waals surface area contributed by atoms with Crippen LogP contribution in [-0.4, -0.2) is 10.9 Å². The molecular weight excluding hydrogens is 324 g/mol. The fourth-order valence-corrected chi connectivity index (χ4v) is 2.87. The normalized spacial score (nSPS) is 10.4. The summed E-state index contributed by atoms with van der Waals surface area (Å²) in [4.78, 5) is 17.1. The molecule has 0 aliphatic heterocycles. The number of anilines is 1. The summed E-state index contributed by atoms with van der Waals surface area (Å²) in [6, 6.07) is 19.1. The number of aryl methyl sites for hydroxylation is 3. The Morgan fingerprint density at radius 2 is 1.77 bits per heavy atom. The zero-order valence-corrected chi connectivity index (χ0v) is 15.2. The van der Waals surface area contributed by atoms with E-state index in [1.54, 1.807) is 12.1 Å². The first kappa shape index (κ1) is 17.7. The minimum absolute atomic E-state index is 0.174. The van der Waals surface area contributed by atoms with Gasteiger partial charge in [0.15, 0.2) is 0 Å². The molecule has 1 amide bonds. The molecular formula is C22H22N2O2. The molecule has 1 aromatic heterocycles. The number of nitrogens with zero attached hydrogens (tertiary/aromatic N) is 1. The number of pyridine rings is 1. The lowest BCUT2D eigenvalue weighted by molar-refractivity contribution is 0.102. The standard InChI is InChI=1S/C22H22N2O2/c1-15-12-16(2)23-17(3)21(15)24-22(25)19-10-7-11-20(13-19)26-14-18-8-5-4-6-9-18/h4-13H,14H2,1-3H3,(H,24,25). The van der Waals surface area contributed by atoms with Crippen molar-refractivity contribution in [3.05, 3.63) is 88.7 Å². The van der Waals surface area contributed by atoms with E-state index in [2.05, 4.69) is 10.3 Å². The van der Waals surface area contributed by atoms with Gasteiger partial charge >= 0.3 is 0 Å². The topological polar surface area (TPSA) is 51.2 Å². The Morgan fingerprint density at radius 3 is 2.50 bits per heavy atom. The molecule has 0 bridgehead atoms. The van der Waals surface area contributed by atoms with E-state index in [1.165, 1.54) is 0 Å². The molecule has 26 heavy (non-hydrogen) atoms. The van der Waals surface area contributed by atoms with Gasteiger partial charge in [0.05, 0.1) is 11.4 Å². The van der Waals surface area contributed by atoms with Crippen molar-refractivity contribution in [1.82, 2.24) is 4.98 Å². The van der Waals surface area contributed by atoms with Gasteiger partial charge in [0.1, 0.15) is 12.4 Å². The largest absolute Gasteiger partial charge is 0.489 e. The van der Waals surface area contributed by atoms with E-state index in [9.17, 15) is 4.79 Å². The quantitative estimate of drug-likeness (QED) is 0.719. The Balaban J connectivity index is 1.72. The van der Waals surface area contributed by atoms with E-state index in [1.807, 2.05) is 69.3 Å². The minimum Gasteiger partial charge on any atom is -0.489 e. The van der Waals surface area contributed by atoms with Gasteiger partial charge in [-0.25, -0.2) is 0 Å². The number of nitrogens with one attached hydrogen (secondary N) is 1. The number of carbonyl (C=O) groups excluding carboxylic acids is 1. The molecule has 0 fully saturated rings. The lowest BCUT2D eigenvalue weighted by atomic mass is 10.1. The van der Waals surface area contributed by atoms with E-state index in [4.69, 9.17) is 4.74 Å². The molecule has 132 valence electrons. The Kier molecular flexibility index (Phi) is 5.32. The summed E-state index contributed by atoms with van der Waals surface area (Å²) in [7, 11) is 0. The highest BCUT2D eigenvalue weighted by Gasteiger charge is 2.12. The summed E-state index contributed by atoms with van der Waals surface area (Å²) < 4.78 is 5.80. The van der Waals surface area contributed by atoms with Crippen LogP contribution in [0.1, 0.15) is 32.9 Å². The van der Waals surface area contributed by atoms with E-state index < -0.39 is 0 Å². The van der Waals surface area contributed by atoms with Crippen LogP contribution in [0.4, 0.5) is 5.69 Å². The number of hydrogen-bond acceptors (Lipinski definition) is 3. The van der Waals surface area contributed by atoms with Crippen molar-refractivity contribution >= 4 is 11.6 Å². The second-order valence-corrected chi connectivity index (χ2v) is 6.30. The molecule has 3 aromatic rings. The summed E-state index contributed by atoms with van der Waals surface area (Å²) in [6.45, 7) is 6.27. The lowest BCUT2D eigenvalue weighted by Crippen LogP contribution is -2.14. The molecule has 0 aliphatic rings. The van der Waals surface area contributed by atoms with Crippen LogP contribution in [0.3, 0.4) is 0 Å². The first-order valence-electron chi connectivity index (χ1n) is 8.56. The average Bonchev–Trinajstić information content (AvgIpc) is 2.64. The summed E-state index contributed by atoms with van der Waals surface area (Å²) in [6.07, 6.45) is 0. The number of amides is 1. The van der Waals surface area contributed by atoms with E-state index >= 15 is 0 Å². The Morgan fingerprint density at radius 1 is 1.00 bits per heavy atom. The first-order valence-corrected chi connectivity index (χ1v) is 8.56. The van der Waals surface area contributed by atoms with Crippen molar-refractivity contribution in [3.8, 4) is 5.75 Å². The fraction of sp³-hybridized carbons (Fsp3) is 0.182. The lowest BCUT2D eigenvalue weighted by Gasteiger charge is -2.13. The third kappa shape index (κ3) is 4.28. The number of benzene rings is 2. The molecule has 1 N–H and O–H groups in total. The number of ether oxygens (including phenoxy) is 1. The Labute approximate surface area is 153 Å². The summed E-state index contributed by atoms with van der Waals surface area (Å²) in [5, 5.41) is 2.97. The minimum atomic E-state index is -0.174. The van der Waals surface area contributed by atoms with Crippen LogP contribution in [0.2, 0.25) is 0 Å². The molecule has 4 nitrogen and oxygen atoms in total. The van der Waals surface area contributed by atoms with Gasteiger partial charge in [-0.2, -0.15) is 0 Å². The van der Waals surface area contributed by atoms with Gasteiger partial charge in [-0.1, -0.05) is 36.4 Å². The highest BCUT2D eigenvalue weighted by atomic mass is 16.5. The molecule has 0 unspecified atom stereocenters. The Bertz CT molecular complexity index is 897. The highest BCUT2D eigenvalue weighted by Crippen LogP contribution is 2.21. The van der Waals surface area contributed by atoms with Gasteiger partial charge in [0, 0.05) is 11.3 Å². The Hall–Kier alpha value is -3.14. The van der Waals surface area contributed by atoms with Crippen LogP contribution < -0.4 is 10.1 Å². The number of hydrogen-bond donors (Lipinski definition) is 1. The molecule has 3 rings (SSSR count). The highest BCUT2D eigenvalue weighted by molar-refractivity contribution is 6.05. The van der Waals surface area contributed by atoms with E-state index in [-0.39, 0.29) is 5.91 Å². The van der Waals surface area contributed by atoms with E-state index in [0.29, 0.717) is 17.9 Å². The summed E-state index contributed by atoms with van der Waals surface area (Å²) in [5.74, 6) is 0.490. The van der Waals surface area contributed by atoms with Gasteiger partial charge in [0.25, 0.3) is 5.91 Å². The predicted molar refractivity (Wildman–Crippen MR) is 104 cm³/mol. The van der Waals surface area contributed by atoms with E-state index in [0.717, 1.165) is 28.2 Å². The smallest absolute Gasteiger partial charge is 0.255 e. The third-order valence-corrected chi connectivity index (χ3v) is 4.11. The summed E-state index contributed by atoms with van der Waals surface area (Å²) in [5.41, 5.74) is 5.15. The molecule has 0 radical (unpaired) electrons. The molecule has 2 aromatic carbocycles. The number of rotatable bonds is 5. The van der Waals surface area contributed by atoms with Crippen molar-refractivity contribution < 1.29 is 9.53 Å². The van der Waals surface area contributed by atoms with Gasteiger partial charge < -0.3 is 10.1 Å². The second kappa shape index (κ2) is 7.83. The van der Waals surface area contributed by atoms with Crippen molar-refractivity contribution in [2.45, 2.75) is 27.4 Å². The van der Waals surface area contributed by atoms with Crippen molar-refractivity contribution in [3.63, 3.8) is 0 Å². The molecule has 0 saturated carbocycles. The number of aromatic nitrogens is 1. The van der Waals surface area contributed by atoms with Gasteiger partial charge in [-0.3, -0.25) is 9.78 Å². The SMILES string of the molecule is Cc1cc(C)c(NC(=O)c2cccc(OCc3ccccc3)c2)c(C)n1. The van der Waals surface area contributed by atoms with Crippen molar-refractivity contribution in [2.24, 2.45) is 0 Å². The van der Waals surface area contributed by atoms with Crippen LogP contribution >= 0.6 is 0 Å². The molecule has 0 atom stereocenters. The molecule has 4 heteroatoms. The van der Waals surface area contributed by atoms with Gasteiger partial charge in [0.2, 0.25) is 0 Å². The van der Waals surface area contributed by atoms with Gasteiger partial charge in [-0.05, 0) is 56.2 Å². The maximum Gasteiger partial charge on any atom is 0.255 e. The molecule has 0 saturated heterocycles. The molecule has 1 heterocycles. The van der Waals surface area contributed by atoms with Crippen molar-refractivity contribution in [1.29, 1.82) is 0 Å². The third-order valence-electron chi connectivity index (χ3n) is 4.11. The van der Waals surface area contributed by atoms with Crippen LogP contribution in [0.25, 0.3) is 0 Å². The van der Waals surface area contributed by atoms with Crippen LogP contribution in [0, 0.1) is 20.8 Å². The maximum atomic E-state index is 12.6. The number of carbonyl (C=O) groups is 1. The molecule has 0 aliphatic carbocycles. The fourth-order valence-electron chi connectivity index (χ4n) is 2.87.